The molecule has 0 atom stereocenters. The zero-order valence-electron chi connectivity index (χ0n) is 7.56. The molecule has 14 heavy (non-hydrogen) atoms. The molecule has 1 aromatic carbocycles. The van der Waals surface area contributed by atoms with E-state index < -0.39 is 0 Å². The van der Waals surface area contributed by atoms with Gasteiger partial charge in [-0.1, -0.05) is 6.07 Å². The van der Waals surface area contributed by atoms with Crippen LogP contribution in [0.3, 0.4) is 0 Å². The normalized spacial score (nSPS) is 9.79. The first kappa shape index (κ1) is 8.47. The second-order valence-electron chi connectivity index (χ2n) is 2.91. The van der Waals surface area contributed by atoms with Crippen LogP contribution in [0.25, 0.3) is 21.3 Å². The van der Waals surface area contributed by atoms with E-state index in [1.165, 1.54) is 0 Å². The van der Waals surface area contributed by atoms with Gasteiger partial charge < -0.3 is 9.82 Å². The first-order valence-electron chi connectivity index (χ1n) is 4.11. The summed E-state index contributed by atoms with van der Waals surface area (Å²) in [5, 5.41) is 4.02. The molecule has 0 amide bonds. The lowest BCUT2D eigenvalue weighted by Crippen LogP contribution is -1.81. The molecular formula is C9H8N4O. The van der Waals surface area contributed by atoms with Crippen molar-refractivity contribution >= 4 is 10.9 Å². The second kappa shape index (κ2) is 3.32. The van der Waals surface area contributed by atoms with Gasteiger partial charge in [-0.25, -0.2) is 0 Å². The molecule has 2 aromatic rings. The van der Waals surface area contributed by atoms with Crippen LogP contribution in [0.2, 0.25) is 0 Å². The molecular weight excluding hydrogens is 180 g/mol. The Labute approximate surface area is 79.9 Å². The fourth-order valence-electron chi connectivity index (χ4n) is 1.45. The van der Waals surface area contributed by atoms with E-state index >= 15 is 0 Å². The lowest BCUT2D eigenvalue weighted by atomic mass is 10.2. The number of benzene rings is 1. The molecule has 1 aromatic heterocycles. The van der Waals surface area contributed by atoms with Gasteiger partial charge in [-0.05, 0) is 30.2 Å². The number of aryl methyl sites for hydroxylation is 1. The van der Waals surface area contributed by atoms with E-state index in [4.69, 9.17) is 10.4 Å². The van der Waals surface area contributed by atoms with Crippen molar-refractivity contribution in [1.29, 1.82) is 0 Å². The van der Waals surface area contributed by atoms with Crippen molar-refractivity contribution in [2.24, 2.45) is 5.28 Å². The van der Waals surface area contributed by atoms with Gasteiger partial charge in [0, 0.05) is 22.0 Å². The zero-order chi connectivity index (χ0) is 9.97. The molecule has 1 N–H and O–H groups in total. The maximum atomic E-state index is 8.15. The number of aromatic nitrogens is 1. The van der Waals surface area contributed by atoms with Crippen LogP contribution in [-0.2, 0) is 0 Å². The highest BCUT2D eigenvalue weighted by atomic mass is 16.6. The summed E-state index contributed by atoms with van der Waals surface area (Å²) in [7, 11) is 0. The van der Waals surface area contributed by atoms with E-state index in [2.05, 4.69) is 15.2 Å². The lowest BCUT2D eigenvalue weighted by Gasteiger charge is -1.99. The average molecular weight is 188 g/mol. The van der Waals surface area contributed by atoms with E-state index in [9.17, 15) is 0 Å². The number of aromatic amines is 1. The highest BCUT2D eigenvalue weighted by Gasteiger charge is 2.05. The van der Waals surface area contributed by atoms with Gasteiger partial charge in [-0.15, -0.1) is 0 Å². The molecule has 0 fully saturated rings. The molecule has 0 saturated heterocycles. The van der Waals surface area contributed by atoms with Crippen molar-refractivity contribution < 1.29 is 4.84 Å². The summed E-state index contributed by atoms with van der Waals surface area (Å²) in [6.45, 7) is 1.96. The Morgan fingerprint density at radius 2 is 2.36 bits per heavy atom. The molecule has 0 radical (unpaired) electrons. The van der Waals surface area contributed by atoms with Gasteiger partial charge in [0.2, 0.25) is 0 Å². The molecule has 0 saturated carbocycles. The van der Waals surface area contributed by atoms with Crippen molar-refractivity contribution in [3.8, 4) is 5.75 Å². The number of H-pyrrole nitrogens is 1. The van der Waals surface area contributed by atoms with E-state index in [0.29, 0.717) is 5.75 Å². The first-order valence-corrected chi connectivity index (χ1v) is 4.11. The predicted molar refractivity (Wildman–Crippen MR) is 52.8 cm³/mol. The number of rotatable bonds is 2. The molecule has 2 rings (SSSR count). The molecule has 5 nitrogen and oxygen atoms in total. The quantitative estimate of drug-likeness (QED) is 0.334. The summed E-state index contributed by atoms with van der Waals surface area (Å²) in [4.78, 5) is 10.5. The third-order valence-corrected chi connectivity index (χ3v) is 2.04. The SMILES string of the molecule is Cc1c[nH]c2cccc(ON=[N+]=[N-])c12. The largest absolute Gasteiger partial charge is 0.393 e. The summed E-state index contributed by atoms with van der Waals surface area (Å²) in [6.07, 6.45) is 1.88. The molecule has 0 unspecified atom stereocenters. The van der Waals surface area contributed by atoms with Gasteiger partial charge in [0.1, 0.15) is 11.0 Å². The van der Waals surface area contributed by atoms with E-state index in [1.54, 1.807) is 6.07 Å². The van der Waals surface area contributed by atoms with Crippen molar-refractivity contribution in [3.05, 3.63) is 40.4 Å². The minimum absolute atomic E-state index is 0.569. The van der Waals surface area contributed by atoms with Gasteiger partial charge in [0.25, 0.3) is 0 Å². The summed E-state index contributed by atoms with van der Waals surface area (Å²) in [5.74, 6) is 0.569. The fraction of sp³-hybridized carbons (Fsp3) is 0.111. The lowest BCUT2D eigenvalue weighted by molar-refractivity contribution is 0.337. The average Bonchev–Trinajstić information content (AvgIpc) is 2.58. The van der Waals surface area contributed by atoms with Crippen molar-refractivity contribution in [1.82, 2.24) is 4.98 Å². The number of fused-ring (bicyclic) bond motifs is 1. The minimum Gasteiger partial charge on any atom is -0.393 e. The third-order valence-electron chi connectivity index (χ3n) is 2.04. The topological polar surface area (TPSA) is 73.8 Å². The maximum absolute atomic E-state index is 8.15. The Hall–Kier alpha value is -2.13. The highest BCUT2D eigenvalue weighted by Crippen LogP contribution is 2.28. The molecule has 0 aliphatic rings. The van der Waals surface area contributed by atoms with E-state index in [1.807, 2.05) is 25.3 Å². The Morgan fingerprint density at radius 1 is 1.50 bits per heavy atom. The number of hydrogen-bond acceptors (Lipinski definition) is 2. The second-order valence-corrected chi connectivity index (χ2v) is 2.91. The van der Waals surface area contributed by atoms with Crippen LogP contribution in [0, 0.1) is 6.92 Å². The van der Waals surface area contributed by atoms with Crippen LogP contribution in [0.1, 0.15) is 5.56 Å². The first-order chi connectivity index (χ1) is 6.83. The highest BCUT2D eigenvalue weighted by molar-refractivity contribution is 5.88. The Kier molecular flexibility index (Phi) is 2.01. The molecule has 70 valence electrons. The van der Waals surface area contributed by atoms with Gasteiger partial charge in [-0.2, -0.15) is 0 Å². The zero-order valence-corrected chi connectivity index (χ0v) is 7.56. The van der Waals surface area contributed by atoms with Crippen LogP contribution in [0.4, 0.5) is 0 Å². The van der Waals surface area contributed by atoms with Gasteiger partial charge in [-0.3, -0.25) is 0 Å². The summed E-state index contributed by atoms with van der Waals surface area (Å²) in [5.41, 5.74) is 10.2. The third kappa shape index (κ3) is 1.26. The van der Waals surface area contributed by atoms with E-state index in [-0.39, 0.29) is 0 Å². The molecule has 0 aliphatic heterocycles. The Morgan fingerprint density at radius 3 is 3.14 bits per heavy atom. The van der Waals surface area contributed by atoms with Crippen molar-refractivity contribution in [3.63, 3.8) is 0 Å². The Balaban J connectivity index is 2.62. The molecule has 0 aliphatic carbocycles. The van der Waals surface area contributed by atoms with Crippen LogP contribution < -0.4 is 4.84 Å². The number of azide groups is 1. The van der Waals surface area contributed by atoms with Crippen molar-refractivity contribution in [2.75, 3.05) is 0 Å². The summed E-state index contributed by atoms with van der Waals surface area (Å²) in [6, 6.07) is 5.53. The fourth-order valence-corrected chi connectivity index (χ4v) is 1.45. The monoisotopic (exact) mass is 188 g/mol. The molecule has 0 bridgehead atoms. The maximum Gasteiger partial charge on any atom is 0.146 e. The van der Waals surface area contributed by atoms with E-state index in [0.717, 1.165) is 16.5 Å². The van der Waals surface area contributed by atoms with Crippen LogP contribution in [0.15, 0.2) is 29.7 Å². The number of hydrogen-bond donors (Lipinski definition) is 1. The van der Waals surface area contributed by atoms with Gasteiger partial charge in [0.15, 0.2) is 0 Å². The number of nitrogens with one attached hydrogen (secondary N) is 1. The molecule has 1 heterocycles. The molecule has 5 heteroatoms. The van der Waals surface area contributed by atoms with Crippen LogP contribution in [-0.4, -0.2) is 4.98 Å². The van der Waals surface area contributed by atoms with Crippen molar-refractivity contribution in [2.45, 2.75) is 6.92 Å². The minimum atomic E-state index is 0.569. The summed E-state index contributed by atoms with van der Waals surface area (Å²) >= 11 is 0. The van der Waals surface area contributed by atoms with Crippen LogP contribution in [0.5, 0.6) is 5.75 Å². The number of nitrogens with zero attached hydrogens (tertiary/aromatic N) is 3. The standard InChI is InChI=1S/C9H8N4O/c1-6-5-11-7-3-2-4-8(9(6)7)14-13-12-10/h2-5,11H,1H3. The smallest absolute Gasteiger partial charge is 0.146 e. The predicted octanol–water partition coefficient (Wildman–Crippen LogP) is 3.08. The van der Waals surface area contributed by atoms with Crippen LogP contribution >= 0.6 is 0 Å². The van der Waals surface area contributed by atoms with Gasteiger partial charge >= 0.3 is 0 Å². The molecule has 0 spiro atoms. The summed E-state index contributed by atoms with van der Waals surface area (Å²) < 4.78 is 0. The van der Waals surface area contributed by atoms with Gasteiger partial charge in [0.05, 0.1) is 0 Å². The Bertz CT molecular complexity index is 511.